The van der Waals surface area contributed by atoms with Crippen LogP contribution in [-0.4, -0.2) is 70.9 Å². The Labute approximate surface area is 233 Å². The van der Waals surface area contributed by atoms with Crippen LogP contribution in [-0.2, 0) is 9.26 Å². The van der Waals surface area contributed by atoms with E-state index in [0.717, 1.165) is 48.8 Å². The van der Waals surface area contributed by atoms with E-state index in [4.69, 9.17) is 15.0 Å². The van der Waals surface area contributed by atoms with Gasteiger partial charge in [0.2, 0.25) is 0 Å². The minimum absolute atomic E-state index is 0.174. The molecule has 0 radical (unpaired) electrons. The van der Waals surface area contributed by atoms with Crippen LogP contribution in [0.25, 0.3) is 0 Å². The third-order valence-corrected chi connectivity index (χ3v) is 9.20. The van der Waals surface area contributed by atoms with Crippen molar-refractivity contribution in [3.63, 3.8) is 0 Å². The second kappa shape index (κ2) is 23.5. The Hall–Kier alpha value is -0.410. The summed E-state index contributed by atoms with van der Waals surface area (Å²) in [5, 5.41) is 0. The lowest BCUT2D eigenvalue weighted by atomic mass is 10.1. The maximum Gasteiger partial charge on any atom is 0.140 e. The van der Waals surface area contributed by atoms with Crippen LogP contribution in [0.4, 0.5) is 0 Å². The third-order valence-electron chi connectivity index (χ3n) is 6.98. The van der Waals surface area contributed by atoms with Crippen molar-refractivity contribution in [2.24, 2.45) is 5.73 Å². The van der Waals surface area contributed by atoms with Crippen molar-refractivity contribution in [3.05, 3.63) is 24.5 Å². The topological polar surface area (TPSA) is 44.5 Å². The molecular weight excluding hydrogens is 475 g/mol. The van der Waals surface area contributed by atoms with Gasteiger partial charge in [-0.2, -0.15) is 0 Å². The monoisotopic (exact) mass is 542 g/mol. The Morgan fingerprint density at radius 2 is 1.38 bits per heavy atom. The molecule has 0 saturated heterocycles. The molecule has 5 heteroatoms. The Balaban J connectivity index is 3.81. The molecule has 0 spiro atoms. The second-order valence-electron chi connectivity index (χ2n) is 12.5. The smallest absolute Gasteiger partial charge is 0.140 e. The average Bonchev–Trinajstić information content (AvgIpc) is 2.81. The van der Waals surface area contributed by atoms with Crippen LogP contribution in [0.2, 0.25) is 0 Å². The summed E-state index contributed by atoms with van der Waals surface area (Å²) in [5.74, 6) is 0.941. The van der Waals surface area contributed by atoms with Gasteiger partial charge >= 0.3 is 0 Å². The molecule has 0 bridgehead atoms. The van der Waals surface area contributed by atoms with E-state index in [-0.39, 0.29) is 6.10 Å². The first-order chi connectivity index (χ1) is 17.6. The maximum atomic E-state index is 6.29. The van der Waals surface area contributed by atoms with Crippen molar-refractivity contribution in [1.82, 2.24) is 0 Å². The van der Waals surface area contributed by atoms with Gasteiger partial charge in [-0.05, 0) is 45.1 Å². The molecule has 0 heterocycles. The van der Waals surface area contributed by atoms with Crippen LogP contribution < -0.4 is 5.73 Å². The summed E-state index contributed by atoms with van der Waals surface area (Å²) in [7, 11) is 5.26. The van der Waals surface area contributed by atoms with Crippen LogP contribution >= 0.6 is 7.49 Å². The quantitative estimate of drug-likeness (QED) is 0.0370. The fourth-order valence-electron chi connectivity index (χ4n) is 4.39. The molecule has 220 valence electrons. The number of unbranched alkanes of at least 4 members (excludes halogenated alkanes) is 12. The summed E-state index contributed by atoms with van der Waals surface area (Å²) in [6.45, 7) is 13.6. The number of nitrogens with two attached hydrogens (primary N) is 1. The van der Waals surface area contributed by atoms with Gasteiger partial charge in [0, 0.05) is 12.8 Å². The van der Waals surface area contributed by atoms with E-state index in [1.165, 1.54) is 89.9 Å². The van der Waals surface area contributed by atoms with Gasteiger partial charge in [0.15, 0.2) is 0 Å². The van der Waals surface area contributed by atoms with Gasteiger partial charge in [0.25, 0.3) is 0 Å². The van der Waals surface area contributed by atoms with Crippen LogP contribution in [0.3, 0.4) is 0 Å². The molecule has 1 unspecified atom stereocenters. The first-order valence-corrected chi connectivity index (χ1v) is 18.4. The molecule has 0 aliphatic heterocycles. The van der Waals surface area contributed by atoms with Gasteiger partial charge in [-0.1, -0.05) is 83.4 Å². The summed E-state index contributed by atoms with van der Waals surface area (Å²) >= 11 is 0. The molecule has 4 nitrogen and oxygen atoms in total. The highest BCUT2D eigenvalue weighted by atomic mass is 31.2. The largest absolute Gasteiger partial charge is 0.495 e. The van der Waals surface area contributed by atoms with Crippen molar-refractivity contribution in [3.8, 4) is 0 Å². The molecule has 0 aromatic carbocycles. The minimum Gasteiger partial charge on any atom is -0.495 e. The first-order valence-electron chi connectivity index (χ1n) is 15.6. The highest BCUT2D eigenvalue weighted by Crippen LogP contribution is 2.53. The molecular formula is C32H67N2O2P+2. The molecule has 1 atom stereocenters. The number of allylic oxidation sites excluding steroid dienone is 3. The van der Waals surface area contributed by atoms with Crippen LogP contribution in [0.1, 0.15) is 116 Å². The summed E-state index contributed by atoms with van der Waals surface area (Å²) in [6.07, 6.45) is 27.6. The Morgan fingerprint density at radius 3 is 1.92 bits per heavy atom. The molecule has 0 rings (SSSR count). The number of nitrogens with zero attached hydrogens (tertiary/aromatic N) is 1. The van der Waals surface area contributed by atoms with Gasteiger partial charge in [-0.15, -0.1) is 0 Å². The molecule has 0 amide bonds. The highest BCUT2D eigenvalue weighted by Gasteiger charge is 2.29. The lowest BCUT2D eigenvalue weighted by molar-refractivity contribution is -0.870. The van der Waals surface area contributed by atoms with Gasteiger partial charge in [-0.25, -0.2) is 4.52 Å². The van der Waals surface area contributed by atoms with Crippen molar-refractivity contribution in [2.45, 2.75) is 122 Å². The van der Waals surface area contributed by atoms with Crippen molar-refractivity contribution in [1.29, 1.82) is 0 Å². The number of hydrogen-bond acceptors (Lipinski definition) is 3. The molecule has 0 aromatic rings. The predicted octanol–water partition coefficient (Wildman–Crippen LogP) is 8.97. The van der Waals surface area contributed by atoms with Crippen LogP contribution in [0.15, 0.2) is 24.5 Å². The summed E-state index contributed by atoms with van der Waals surface area (Å²) < 4.78 is 13.5. The summed E-state index contributed by atoms with van der Waals surface area (Å²) in [6, 6.07) is 0. The third kappa shape index (κ3) is 27.0. The Bertz CT molecular complexity index is 557. The highest BCUT2D eigenvalue weighted by molar-refractivity contribution is 7.69. The van der Waals surface area contributed by atoms with Gasteiger partial charge in [-0.3, -0.25) is 0 Å². The second-order valence-corrected chi connectivity index (χ2v) is 16.3. The van der Waals surface area contributed by atoms with E-state index in [1.807, 2.05) is 0 Å². The van der Waals surface area contributed by atoms with Crippen LogP contribution in [0, 0.1) is 0 Å². The maximum absolute atomic E-state index is 6.29. The zero-order chi connectivity index (χ0) is 27.8. The Kier molecular flexibility index (Phi) is 23.2. The first kappa shape index (κ1) is 36.6. The van der Waals surface area contributed by atoms with Crippen LogP contribution in [0.5, 0.6) is 0 Å². The number of hydrogen-bond donors (Lipinski definition) is 1. The Morgan fingerprint density at radius 1 is 0.838 bits per heavy atom. The lowest BCUT2D eigenvalue weighted by Crippen LogP contribution is -2.37. The lowest BCUT2D eigenvalue weighted by Gasteiger charge is -2.26. The molecule has 37 heavy (non-hydrogen) atoms. The molecule has 0 fully saturated rings. The van der Waals surface area contributed by atoms with Crippen molar-refractivity contribution in [2.75, 3.05) is 60.3 Å². The molecule has 0 saturated carbocycles. The van der Waals surface area contributed by atoms with Gasteiger partial charge in [0.1, 0.15) is 26.7 Å². The number of likely N-dealkylation sites (N-methyl/N-ethyl adjacent to an activating group) is 1. The SMILES string of the molecule is C=C(CCCCCCCC/C=C\CCCCCCCC)OC(CCN)CC[P+](C)(C)OCC[N+](C)(C)C. The fraction of sp³-hybridized carbons (Fsp3) is 0.875. The van der Waals surface area contributed by atoms with Crippen molar-refractivity contribution >= 4 is 7.49 Å². The van der Waals surface area contributed by atoms with E-state index in [0.29, 0.717) is 6.54 Å². The number of ether oxygens (including phenoxy) is 1. The minimum atomic E-state index is -1.37. The molecule has 0 aromatic heterocycles. The molecule has 0 aliphatic carbocycles. The summed E-state index contributed by atoms with van der Waals surface area (Å²) in [4.78, 5) is 0. The van der Waals surface area contributed by atoms with E-state index >= 15 is 0 Å². The zero-order valence-electron chi connectivity index (χ0n) is 26.1. The molecule has 2 N–H and O–H groups in total. The average molecular weight is 543 g/mol. The molecule has 0 aliphatic rings. The van der Waals surface area contributed by atoms with E-state index in [1.54, 1.807) is 0 Å². The van der Waals surface area contributed by atoms with Gasteiger partial charge in [0.05, 0.1) is 46.4 Å². The van der Waals surface area contributed by atoms with E-state index in [2.05, 4.69) is 60.1 Å². The standard InChI is InChI=1S/C32H67N2O2P/c1-8-9-10-11-12-13-14-15-16-17-18-19-20-21-22-23-24-31(2)36-32(25-27-33)26-30-37(6,7)35-29-28-34(3,4)5/h15-16,32H,2,8-14,17-30,33H2,1,3-7H3/q+2/b16-15-. The van der Waals surface area contributed by atoms with Crippen molar-refractivity contribution < 1.29 is 13.7 Å². The zero-order valence-corrected chi connectivity index (χ0v) is 27.0. The predicted molar refractivity (Wildman–Crippen MR) is 169 cm³/mol. The van der Waals surface area contributed by atoms with E-state index in [9.17, 15) is 0 Å². The van der Waals surface area contributed by atoms with Gasteiger partial charge < -0.3 is 15.0 Å². The number of rotatable bonds is 27. The number of quaternary nitrogens is 1. The summed E-state index contributed by atoms with van der Waals surface area (Å²) in [5.41, 5.74) is 5.87. The fourth-order valence-corrected chi connectivity index (χ4v) is 6.01. The van der Waals surface area contributed by atoms with E-state index < -0.39 is 7.49 Å². The normalized spacial score (nSPS) is 13.4.